The van der Waals surface area contributed by atoms with Crippen molar-refractivity contribution in [3.05, 3.63) is 65.5 Å². The fourth-order valence-corrected chi connectivity index (χ4v) is 4.87. The Morgan fingerprint density at radius 1 is 1.26 bits per heavy atom. The van der Waals surface area contributed by atoms with Gasteiger partial charge in [0.2, 0.25) is 11.8 Å². The number of aromatic nitrogens is 1. The van der Waals surface area contributed by atoms with Crippen LogP contribution in [0.25, 0.3) is 11.5 Å². The number of anilines is 1. The van der Waals surface area contributed by atoms with Gasteiger partial charge in [-0.1, -0.05) is 6.07 Å². The number of nitrogens with zero attached hydrogens (tertiary/aromatic N) is 2. The smallest absolute Gasteiger partial charge is 0.303 e. The van der Waals surface area contributed by atoms with Gasteiger partial charge >= 0.3 is 5.97 Å². The number of nitriles is 1. The van der Waals surface area contributed by atoms with Crippen LogP contribution in [0.2, 0.25) is 0 Å². The highest BCUT2D eigenvalue weighted by Crippen LogP contribution is 2.61. The Kier molecular flexibility index (Phi) is 5.54. The SMILES string of the molecule is N#Cc1ccc(CCCC(=O)O)c(NC(=O)C2CC23CCOc2ccc(-c4ncco4)cc23)c1. The fourth-order valence-electron chi connectivity index (χ4n) is 4.87. The number of carboxylic acids is 1. The average molecular weight is 457 g/mol. The van der Waals surface area contributed by atoms with Crippen molar-refractivity contribution in [2.24, 2.45) is 5.92 Å². The van der Waals surface area contributed by atoms with E-state index in [1.54, 1.807) is 24.4 Å². The van der Waals surface area contributed by atoms with Gasteiger partial charge in [0.15, 0.2) is 0 Å². The number of nitrogens with one attached hydrogen (secondary N) is 1. The number of amides is 1. The predicted molar refractivity (Wildman–Crippen MR) is 122 cm³/mol. The Labute approximate surface area is 196 Å². The molecule has 34 heavy (non-hydrogen) atoms. The summed E-state index contributed by atoms with van der Waals surface area (Å²) in [7, 11) is 0. The van der Waals surface area contributed by atoms with Gasteiger partial charge in [0.05, 0.1) is 24.4 Å². The van der Waals surface area contributed by atoms with E-state index in [-0.39, 0.29) is 23.7 Å². The van der Waals surface area contributed by atoms with Crippen LogP contribution in [0, 0.1) is 17.2 Å². The summed E-state index contributed by atoms with van der Waals surface area (Å²) in [5, 5.41) is 21.3. The molecule has 1 aliphatic heterocycles. The van der Waals surface area contributed by atoms with Gasteiger partial charge in [0, 0.05) is 34.6 Å². The molecule has 2 N–H and O–H groups in total. The van der Waals surface area contributed by atoms with E-state index in [4.69, 9.17) is 14.3 Å². The molecule has 0 radical (unpaired) electrons. The lowest BCUT2D eigenvalue weighted by molar-refractivity contribution is -0.137. The third-order valence-corrected chi connectivity index (χ3v) is 6.73. The fraction of sp³-hybridized carbons (Fsp3) is 0.308. The molecular formula is C26H23N3O5. The summed E-state index contributed by atoms with van der Waals surface area (Å²) in [6.07, 6.45) is 5.55. The van der Waals surface area contributed by atoms with Gasteiger partial charge in [0.25, 0.3) is 0 Å². The van der Waals surface area contributed by atoms with Crippen molar-refractivity contribution >= 4 is 17.6 Å². The van der Waals surface area contributed by atoms with E-state index in [1.807, 2.05) is 18.2 Å². The molecule has 2 unspecified atom stereocenters. The summed E-state index contributed by atoms with van der Waals surface area (Å²) < 4.78 is 11.3. The van der Waals surface area contributed by atoms with Crippen LogP contribution in [0.3, 0.4) is 0 Å². The molecule has 8 heteroatoms. The molecule has 5 rings (SSSR count). The minimum absolute atomic E-state index is 0.0444. The Balaban J connectivity index is 1.38. The van der Waals surface area contributed by atoms with Crippen molar-refractivity contribution in [3.8, 4) is 23.3 Å². The lowest BCUT2D eigenvalue weighted by Crippen LogP contribution is -2.27. The van der Waals surface area contributed by atoms with Crippen LogP contribution >= 0.6 is 0 Å². The van der Waals surface area contributed by atoms with Crippen LogP contribution in [0.1, 0.15) is 42.4 Å². The van der Waals surface area contributed by atoms with E-state index in [0.717, 1.165) is 28.9 Å². The van der Waals surface area contributed by atoms with E-state index in [9.17, 15) is 14.9 Å². The van der Waals surface area contributed by atoms with Crippen LogP contribution in [0.15, 0.2) is 53.3 Å². The molecule has 1 amide bonds. The molecule has 1 fully saturated rings. The zero-order chi connectivity index (χ0) is 23.7. The second-order valence-electron chi connectivity index (χ2n) is 8.78. The quantitative estimate of drug-likeness (QED) is 0.542. The number of hydrogen-bond donors (Lipinski definition) is 2. The summed E-state index contributed by atoms with van der Waals surface area (Å²) in [4.78, 5) is 28.5. The molecule has 1 aromatic heterocycles. The molecule has 0 bridgehead atoms. The average Bonchev–Trinajstić information content (AvgIpc) is 3.28. The van der Waals surface area contributed by atoms with Crippen LogP contribution in [0.5, 0.6) is 5.75 Å². The maximum absolute atomic E-state index is 13.3. The molecule has 2 atom stereocenters. The molecule has 1 saturated carbocycles. The van der Waals surface area contributed by atoms with E-state index in [2.05, 4.69) is 16.4 Å². The Bertz CT molecular complexity index is 1290. The lowest BCUT2D eigenvalue weighted by Gasteiger charge is -2.27. The minimum atomic E-state index is -0.860. The van der Waals surface area contributed by atoms with Crippen LogP contribution in [-0.4, -0.2) is 28.6 Å². The maximum atomic E-state index is 13.3. The Morgan fingerprint density at radius 2 is 2.15 bits per heavy atom. The van der Waals surface area contributed by atoms with Gasteiger partial charge in [-0.25, -0.2) is 4.98 Å². The number of hydrogen-bond acceptors (Lipinski definition) is 6. The number of carbonyl (C=O) groups is 2. The maximum Gasteiger partial charge on any atom is 0.303 e. The zero-order valence-electron chi connectivity index (χ0n) is 18.4. The number of fused-ring (bicyclic) bond motifs is 2. The first-order chi connectivity index (χ1) is 16.5. The van der Waals surface area contributed by atoms with Gasteiger partial charge in [-0.15, -0.1) is 0 Å². The number of benzene rings is 2. The second kappa shape index (κ2) is 8.67. The third-order valence-electron chi connectivity index (χ3n) is 6.73. The Morgan fingerprint density at radius 3 is 2.91 bits per heavy atom. The third kappa shape index (κ3) is 4.01. The van der Waals surface area contributed by atoms with Crippen molar-refractivity contribution in [2.45, 2.75) is 37.5 Å². The molecule has 2 aromatic carbocycles. The van der Waals surface area contributed by atoms with Gasteiger partial charge in [-0.05, 0) is 61.6 Å². The largest absolute Gasteiger partial charge is 0.493 e. The summed E-state index contributed by atoms with van der Waals surface area (Å²) >= 11 is 0. The summed E-state index contributed by atoms with van der Waals surface area (Å²) in [5.74, 6) is 0.0974. The highest BCUT2D eigenvalue weighted by molar-refractivity contribution is 5.97. The van der Waals surface area contributed by atoms with Crippen molar-refractivity contribution in [2.75, 3.05) is 11.9 Å². The van der Waals surface area contributed by atoms with Crippen molar-refractivity contribution < 1.29 is 23.8 Å². The molecule has 0 saturated heterocycles. The number of aliphatic carboxylic acids is 1. The summed E-state index contributed by atoms with van der Waals surface area (Å²) in [6.45, 7) is 0.541. The predicted octanol–water partition coefficient (Wildman–Crippen LogP) is 4.30. The number of carbonyl (C=O) groups excluding carboxylic acids is 1. The molecule has 3 aromatic rings. The lowest BCUT2D eigenvalue weighted by atomic mass is 9.86. The second-order valence-corrected chi connectivity index (χ2v) is 8.78. The number of rotatable bonds is 7. The molecule has 8 nitrogen and oxygen atoms in total. The van der Waals surface area contributed by atoms with E-state index >= 15 is 0 Å². The molecule has 1 aliphatic carbocycles. The van der Waals surface area contributed by atoms with Crippen molar-refractivity contribution in [1.82, 2.24) is 4.98 Å². The highest BCUT2D eigenvalue weighted by Gasteiger charge is 2.61. The van der Waals surface area contributed by atoms with E-state index < -0.39 is 5.97 Å². The van der Waals surface area contributed by atoms with Crippen molar-refractivity contribution in [3.63, 3.8) is 0 Å². The van der Waals surface area contributed by atoms with Gasteiger partial charge < -0.3 is 19.6 Å². The first kappa shape index (κ1) is 21.7. The molecular weight excluding hydrogens is 434 g/mol. The molecule has 2 aliphatic rings. The highest BCUT2D eigenvalue weighted by atomic mass is 16.5. The number of carboxylic acid groups (broad SMARTS) is 1. The molecule has 172 valence electrons. The number of aryl methyl sites for hydroxylation is 1. The van der Waals surface area contributed by atoms with Crippen molar-refractivity contribution in [1.29, 1.82) is 5.26 Å². The summed E-state index contributed by atoms with van der Waals surface area (Å²) in [5.41, 5.74) is 3.34. The molecule has 2 heterocycles. The van der Waals surface area contributed by atoms with Crippen LogP contribution < -0.4 is 10.1 Å². The zero-order valence-corrected chi connectivity index (χ0v) is 18.4. The minimum Gasteiger partial charge on any atom is -0.493 e. The number of oxazole rings is 1. The first-order valence-electron chi connectivity index (χ1n) is 11.2. The van der Waals surface area contributed by atoms with Gasteiger partial charge in [-0.3, -0.25) is 9.59 Å². The van der Waals surface area contributed by atoms with Crippen LogP contribution in [-0.2, 0) is 21.4 Å². The standard InChI is InChI=1S/C26H23N3O5/c27-15-16-4-5-17(2-1-3-23(30)31)21(12-16)29-24(32)20-14-26(20)8-10-33-22-7-6-18(13-19(22)26)25-28-9-11-34-25/h4-7,9,11-13,20H,1-3,8,10,14H2,(H,29,32)(H,30,31). The van der Waals surface area contributed by atoms with Gasteiger partial charge in [-0.2, -0.15) is 5.26 Å². The molecule has 1 spiro atoms. The van der Waals surface area contributed by atoms with E-state index in [1.165, 1.54) is 6.26 Å². The van der Waals surface area contributed by atoms with Gasteiger partial charge in [0.1, 0.15) is 12.0 Å². The number of ether oxygens (including phenoxy) is 1. The van der Waals surface area contributed by atoms with Crippen LogP contribution in [0.4, 0.5) is 5.69 Å². The first-order valence-corrected chi connectivity index (χ1v) is 11.2. The topological polar surface area (TPSA) is 125 Å². The summed E-state index contributed by atoms with van der Waals surface area (Å²) in [6, 6.07) is 13.0. The van der Waals surface area contributed by atoms with E-state index in [0.29, 0.717) is 43.0 Å². The normalized spacial score (nSPS) is 20.1. The Hall–Kier alpha value is -4.12. The monoisotopic (exact) mass is 457 g/mol.